The van der Waals surface area contributed by atoms with Crippen LogP contribution in [0.2, 0.25) is 0 Å². The van der Waals surface area contributed by atoms with E-state index in [-0.39, 0.29) is 17.5 Å². The fourth-order valence-electron chi connectivity index (χ4n) is 2.70. The summed E-state index contributed by atoms with van der Waals surface area (Å²) in [4.78, 5) is 28.6. The van der Waals surface area contributed by atoms with E-state index in [0.29, 0.717) is 13.0 Å². The number of carbonyl (C=O) groups excluding carboxylic acids is 1. The summed E-state index contributed by atoms with van der Waals surface area (Å²) < 4.78 is 0. The normalized spacial score (nSPS) is 11.8. The Kier molecular flexibility index (Phi) is 5.47. The molecule has 1 N–H and O–H groups in total. The quantitative estimate of drug-likeness (QED) is 0.648. The van der Waals surface area contributed by atoms with Gasteiger partial charge in [0.25, 0.3) is 5.91 Å². The number of aromatic nitrogens is 1. The number of nitro groups is 1. The number of amides is 1. The Morgan fingerprint density at radius 2 is 1.96 bits per heavy atom. The molecule has 0 saturated carbocycles. The van der Waals surface area contributed by atoms with Crippen molar-refractivity contribution in [2.24, 2.45) is 0 Å². The van der Waals surface area contributed by atoms with Crippen LogP contribution in [0.1, 0.15) is 42.2 Å². The van der Waals surface area contributed by atoms with Crippen molar-refractivity contribution in [1.29, 1.82) is 0 Å². The van der Waals surface area contributed by atoms with Crippen LogP contribution in [0.4, 0.5) is 5.69 Å². The van der Waals surface area contributed by atoms with Crippen LogP contribution in [-0.2, 0) is 0 Å². The van der Waals surface area contributed by atoms with E-state index < -0.39 is 16.4 Å². The average molecular weight is 329 g/mol. The molecule has 7 nitrogen and oxygen atoms in total. The minimum absolute atomic E-state index is 0.136. The highest BCUT2D eigenvalue weighted by atomic mass is 16.6. The predicted molar refractivity (Wildman–Crippen MR) is 88.7 cm³/mol. The summed E-state index contributed by atoms with van der Waals surface area (Å²) in [5.74, 6) is -0.801. The van der Waals surface area contributed by atoms with Crippen molar-refractivity contribution in [2.75, 3.05) is 6.54 Å². The number of nitrogens with zero attached hydrogens (tertiary/aromatic N) is 3. The number of hydrogen-bond acceptors (Lipinski definition) is 5. The number of phenolic OH excluding ortho intramolecular Hbond substituents is 1. The van der Waals surface area contributed by atoms with Gasteiger partial charge in [-0.25, -0.2) is 0 Å². The summed E-state index contributed by atoms with van der Waals surface area (Å²) >= 11 is 0. The molecule has 0 aliphatic rings. The molecule has 1 atom stereocenters. The fourth-order valence-corrected chi connectivity index (χ4v) is 2.70. The highest BCUT2D eigenvalue weighted by Gasteiger charge is 2.25. The van der Waals surface area contributed by atoms with Gasteiger partial charge in [0.2, 0.25) is 0 Å². The van der Waals surface area contributed by atoms with Crippen LogP contribution in [0.15, 0.2) is 42.7 Å². The van der Waals surface area contributed by atoms with E-state index in [9.17, 15) is 20.0 Å². The molecule has 0 bridgehead atoms. The molecular formula is C17H19N3O4. The lowest BCUT2D eigenvalue weighted by molar-refractivity contribution is -0.385. The highest BCUT2D eigenvalue weighted by molar-refractivity contribution is 5.95. The maximum Gasteiger partial charge on any atom is 0.310 e. The SMILES string of the molecule is CC[C@@H](c1ccncc1)N(CC)C(=O)c1ccc([N+](=O)[O-])c(O)c1. The largest absolute Gasteiger partial charge is 0.502 e. The summed E-state index contributed by atoms with van der Waals surface area (Å²) in [5.41, 5.74) is 0.761. The molecule has 1 aromatic heterocycles. The molecule has 24 heavy (non-hydrogen) atoms. The van der Waals surface area contributed by atoms with Gasteiger partial charge in [0.05, 0.1) is 11.0 Å². The van der Waals surface area contributed by atoms with Crippen LogP contribution < -0.4 is 0 Å². The van der Waals surface area contributed by atoms with E-state index in [4.69, 9.17) is 0 Å². The van der Waals surface area contributed by atoms with Gasteiger partial charge in [0.1, 0.15) is 0 Å². The molecule has 0 radical (unpaired) electrons. The molecule has 2 rings (SSSR count). The Morgan fingerprint density at radius 3 is 2.46 bits per heavy atom. The first-order valence-corrected chi connectivity index (χ1v) is 7.67. The molecule has 0 unspecified atom stereocenters. The molecule has 0 aliphatic carbocycles. The summed E-state index contributed by atoms with van der Waals surface area (Å²) in [5, 5.41) is 20.5. The van der Waals surface area contributed by atoms with Gasteiger partial charge in [0, 0.05) is 30.6 Å². The van der Waals surface area contributed by atoms with Gasteiger partial charge in [-0.05, 0) is 43.2 Å². The summed E-state index contributed by atoms with van der Waals surface area (Å²) in [7, 11) is 0. The van der Waals surface area contributed by atoms with Crippen LogP contribution in [-0.4, -0.2) is 32.4 Å². The maximum absolute atomic E-state index is 12.8. The maximum atomic E-state index is 12.8. The van der Waals surface area contributed by atoms with Crippen LogP contribution in [0, 0.1) is 10.1 Å². The number of benzene rings is 1. The molecule has 0 spiro atoms. The van der Waals surface area contributed by atoms with Crippen LogP contribution in [0.5, 0.6) is 5.75 Å². The van der Waals surface area contributed by atoms with E-state index in [2.05, 4.69) is 4.98 Å². The molecule has 7 heteroatoms. The van der Waals surface area contributed by atoms with E-state index >= 15 is 0 Å². The number of pyridine rings is 1. The zero-order valence-electron chi connectivity index (χ0n) is 13.5. The molecule has 1 amide bonds. The second-order valence-electron chi connectivity index (χ2n) is 5.26. The molecule has 0 aliphatic heterocycles. The van der Waals surface area contributed by atoms with Gasteiger partial charge in [-0.1, -0.05) is 6.92 Å². The van der Waals surface area contributed by atoms with E-state index in [1.165, 1.54) is 6.07 Å². The molecule has 0 fully saturated rings. The number of hydrogen-bond donors (Lipinski definition) is 1. The number of rotatable bonds is 6. The van der Waals surface area contributed by atoms with E-state index in [1.54, 1.807) is 17.3 Å². The summed E-state index contributed by atoms with van der Waals surface area (Å²) in [6.07, 6.45) is 4.06. The molecule has 1 heterocycles. The predicted octanol–water partition coefficient (Wildman–Crippen LogP) is 3.31. The van der Waals surface area contributed by atoms with E-state index in [0.717, 1.165) is 17.7 Å². The van der Waals surface area contributed by atoms with Gasteiger partial charge >= 0.3 is 5.69 Å². The fraction of sp³-hybridized carbons (Fsp3) is 0.294. The van der Waals surface area contributed by atoms with Crippen molar-refractivity contribution in [3.05, 3.63) is 64.0 Å². The summed E-state index contributed by atoms with van der Waals surface area (Å²) in [6, 6.07) is 7.23. The standard InChI is InChI=1S/C17H19N3O4/c1-3-14(12-7-9-18-10-8-12)19(4-2)17(22)13-5-6-15(20(23)24)16(21)11-13/h5-11,14,21H,3-4H2,1-2H3/t14-/m0/s1. The third-order valence-corrected chi connectivity index (χ3v) is 3.87. The van der Waals surface area contributed by atoms with E-state index in [1.807, 2.05) is 26.0 Å². The minimum atomic E-state index is -0.688. The highest BCUT2D eigenvalue weighted by Crippen LogP contribution is 2.29. The smallest absolute Gasteiger partial charge is 0.310 e. The molecule has 2 aromatic rings. The number of phenols is 1. The van der Waals surface area contributed by atoms with Crippen LogP contribution in [0.25, 0.3) is 0 Å². The minimum Gasteiger partial charge on any atom is -0.502 e. The summed E-state index contributed by atoms with van der Waals surface area (Å²) in [6.45, 7) is 4.32. The van der Waals surface area contributed by atoms with Gasteiger partial charge in [-0.15, -0.1) is 0 Å². The third kappa shape index (κ3) is 3.51. The molecule has 1 aromatic carbocycles. The number of nitro benzene ring substituents is 1. The third-order valence-electron chi connectivity index (χ3n) is 3.87. The van der Waals surface area contributed by atoms with Gasteiger partial charge in [0.15, 0.2) is 5.75 Å². The molecule has 0 saturated heterocycles. The number of aromatic hydroxyl groups is 1. The Morgan fingerprint density at radius 1 is 1.29 bits per heavy atom. The Labute approximate surface area is 139 Å². The van der Waals surface area contributed by atoms with Crippen LogP contribution in [0.3, 0.4) is 0 Å². The lowest BCUT2D eigenvalue weighted by Crippen LogP contribution is -2.34. The first kappa shape index (κ1) is 17.4. The van der Waals surface area contributed by atoms with Crippen molar-refractivity contribution in [1.82, 2.24) is 9.88 Å². The Bertz CT molecular complexity index is 734. The van der Waals surface area contributed by atoms with Crippen molar-refractivity contribution in [3.8, 4) is 5.75 Å². The first-order chi connectivity index (χ1) is 11.5. The topological polar surface area (TPSA) is 96.6 Å². The number of carbonyl (C=O) groups is 1. The van der Waals surface area contributed by atoms with Gasteiger partial charge in [-0.3, -0.25) is 19.9 Å². The monoisotopic (exact) mass is 329 g/mol. The average Bonchev–Trinajstić information content (AvgIpc) is 2.59. The van der Waals surface area contributed by atoms with Crippen molar-refractivity contribution in [3.63, 3.8) is 0 Å². The molecular weight excluding hydrogens is 310 g/mol. The second kappa shape index (κ2) is 7.54. The second-order valence-corrected chi connectivity index (χ2v) is 5.26. The lowest BCUT2D eigenvalue weighted by atomic mass is 10.0. The Hall–Kier alpha value is -2.96. The van der Waals surface area contributed by atoms with Crippen LogP contribution >= 0.6 is 0 Å². The van der Waals surface area contributed by atoms with Crippen molar-refractivity contribution in [2.45, 2.75) is 26.3 Å². The van der Waals surface area contributed by atoms with Gasteiger partial charge in [-0.2, -0.15) is 0 Å². The van der Waals surface area contributed by atoms with Crippen molar-refractivity contribution >= 4 is 11.6 Å². The van der Waals surface area contributed by atoms with Gasteiger partial charge < -0.3 is 10.0 Å². The van der Waals surface area contributed by atoms with Crippen molar-refractivity contribution < 1.29 is 14.8 Å². The Balaban J connectivity index is 2.34. The zero-order chi connectivity index (χ0) is 17.7. The molecule has 126 valence electrons. The first-order valence-electron chi connectivity index (χ1n) is 7.67. The zero-order valence-corrected chi connectivity index (χ0v) is 13.5. The lowest BCUT2D eigenvalue weighted by Gasteiger charge is -2.30.